The number of benzene rings is 1. The van der Waals surface area contributed by atoms with Crippen LogP contribution in [0.3, 0.4) is 0 Å². The van der Waals surface area contributed by atoms with Crippen molar-refractivity contribution in [3.8, 4) is 0 Å². The Morgan fingerprint density at radius 3 is 2.95 bits per heavy atom. The number of furan rings is 1. The minimum atomic E-state index is -0.327. The number of hydrogen-bond acceptors (Lipinski definition) is 4. The lowest BCUT2D eigenvalue weighted by Crippen LogP contribution is -2.39. The molecule has 98 valence electrons. The van der Waals surface area contributed by atoms with Gasteiger partial charge in [-0.2, -0.15) is 0 Å². The van der Waals surface area contributed by atoms with Gasteiger partial charge in [0.2, 0.25) is 11.8 Å². The van der Waals surface area contributed by atoms with Crippen molar-refractivity contribution < 1.29 is 14.0 Å². The van der Waals surface area contributed by atoms with Gasteiger partial charge in [0.15, 0.2) is 0 Å². The van der Waals surface area contributed by atoms with Crippen LogP contribution in [-0.4, -0.2) is 11.8 Å². The van der Waals surface area contributed by atoms with Crippen LogP contribution >= 0.6 is 0 Å². The summed E-state index contributed by atoms with van der Waals surface area (Å²) in [5.41, 5.74) is 8.13. The number of para-hydroxylation sites is 1. The largest absolute Gasteiger partial charge is 0.464 e. The number of amides is 2. The Hall–Kier alpha value is -2.14. The molecule has 1 unspecified atom stereocenters. The van der Waals surface area contributed by atoms with Crippen LogP contribution in [0.2, 0.25) is 0 Å². The number of rotatable bonds is 2. The molecule has 2 heterocycles. The van der Waals surface area contributed by atoms with Crippen LogP contribution in [0.25, 0.3) is 11.0 Å². The number of nitrogens with two attached hydrogens (primary N) is 1. The van der Waals surface area contributed by atoms with Crippen LogP contribution < -0.4 is 11.1 Å². The van der Waals surface area contributed by atoms with Gasteiger partial charge in [-0.15, -0.1) is 0 Å². The molecule has 5 heteroatoms. The predicted molar refractivity (Wildman–Crippen MR) is 69.2 cm³/mol. The molecule has 0 spiro atoms. The molecule has 1 fully saturated rings. The van der Waals surface area contributed by atoms with Gasteiger partial charge in [-0.1, -0.05) is 18.2 Å². The Morgan fingerprint density at radius 2 is 2.21 bits per heavy atom. The average Bonchev–Trinajstić information content (AvgIpc) is 2.82. The number of piperidine rings is 1. The molecular weight excluding hydrogens is 244 g/mol. The van der Waals surface area contributed by atoms with E-state index in [1.165, 1.54) is 0 Å². The SMILES string of the molecule is NCc1cccc2c(C3CCC(=O)NC3=O)coc12. The second-order valence-corrected chi connectivity index (χ2v) is 4.69. The summed E-state index contributed by atoms with van der Waals surface area (Å²) in [6.45, 7) is 0.389. The molecule has 0 saturated carbocycles. The zero-order valence-corrected chi connectivity index (χ0v) is 10.3. The summed E-state index contributed by atoms with van der Waals surface area (Å²) in [7, 11) is 0. The highest BCUT2D eigenvalue weighted by atomic mass is 16.3. The highest BCUT2D eigenvalue weighted by Crippen LogP contribution is 2.33. The Kier molecular flexibility index (Phi) is 2.83. The van der Waals surface area contributed by atoms with Gasteiger partial charge in [-0.05, 0) is 6.42 Å². The summed E-state index contributed by atoms with van der Waals surface area (Å²) < 4.78 is 5.55. The average molecular weight is 258 g/mol. The molecule has 1 aromatic carbocycles. The Morgan fingerprint density at radius 1 is 1.37 bits per heavy atom. The molecule has 1 aliphatic rings. The summed E-state index contributed by atoms with van der Waals surface area (Å²) in [5.74, 6) is -0.791. The molecule has 19 heavy (non-hydrogen) atoms. The molecule has 1 aliphatic heterocycles. The van der Waals surface area contributed by atoms with Crippen LogP contribution in [-0.2, 0) is 16.1 Å². The fraction of sp³-hybridized carbons (Fsp3) is 0.286. The molecule has 0 aliphatic carbocycles. The number of carbonyl (C=O) groups is 2. The normalized spacial score (nSPS) is 19.7. The predicted octanol–water partition coefficient (Wildman–Crippen LogP) is 1.41. The number of nitrogens with one attached hydrogen (secondary N) is 1. The van der Waals surface area contributed by atoms with E-state index in [0.29, 0.717) is 19.4 Å². The third-order valence-electron chi connectivity index (χ3n) is 3.55. The van der Waals surface area contributed by atoms with Crippen LogP contribution in [0.4, 0.5) is 0 Å². The minimum absolute atomic E-state index is 0.211. The summed E-state index contributed by atoms with van der Waals surface area (Å²) >= 11 is 0. The monoisotopic (exact) mass is 258 g/mol. The Labute approximate surface area is 109 Å². The first-order valence-electron chi connectivity index (χ1n) is 6.23. The first kappa shape index (κ1) is 11.9. The maximum Gasteiger partial charge on any atom is 0.234 e. The fourth-order valence-corrected chi connectivity index (χ4v) is 2.56. The van der Waals surface area contributed by atoms with Gasteiger partial charge in [-0.25, -0.2) is 0 Å². The standard InChI is InChI=1S/C14H14N2O3/c15-6-8-2-1-3-9-11(7-19-13(8)9)10-4-5-12(17)16-14(10)18/h1-3,7,10H,4-6,15H2,(H,16,17,18). The van der Waals surface area contributed by atoms with E-state index in [2.05, 4.69) is 5.32 Å². The molecule has 2 amide bonds. The minimum Gasteiger partial charge on any atom is -0.464 e. The van der Waals surface area contributed by atoms with Gasteiger partial charge in [0.05, 0.1) is 12.2 Å². The first-order valence-corrected chi connectivity index (χ1v) is 6.23. The lowest BCUT2D eigenvalue weighted by molar-refractivity contribution is -0.134. The molecule has 3 N–H and O–H groups in total. The number of carbonyl (C=O) groups excluding carboxylic acids is 2. The Bertz CT molecular complexity index is 660. The first-order chi connectivity index (χ1) is 9.20. The molecule has 5 nitrogen and oxygen atoms in total. The van der Waals surface area contributed by atoms with Crippen LogP contribution in [0.1, 0.15) is 29.9 Å². The molecule has 1 saturated heterocycles. The number of hydrogen-bond donors (Lipinski definition) is 2. The fourth-order valence-electron chi connectivity index (χ4n) is 2.56. The third-order valence-corrected chi connectivity index (χ3v) is 3.55. The molecule has 0 radical (unpaired) electrons. The van der Waals surface area contributed by atoms with Crippen LogP contribution in [0.15, 0.2) is 28.9 Å². The third kappa shape index (κ3) is 1.92. The van der Waals surface area contributed by atoms with Crippen molar-refractivity contribution in [3.63, 3.8) is 0 Å². The zero-order chi connectivity index (χ0) is 13.4. The van der Waals surface area contributed by atoms with E-state index in [-0.39, 0.29) is 17.7 Å². The van der Waals surface area contributed by atoms with E-state index >= 15 is 0 Å². The van der Waals surface area contributed by atoms with Crippen molar-refractivity contribution in [1.82, 2.24) is 5.32 Å². The van der Waals surface area contributed by atoms with Crippen LogP contribution in [0, 0.1) is 0 Å². The van der Waals surface area contributed by atoms with Crippen molar-refractivity contribution in [2.24, 2.45) is 5.73 Å². The van der Waals surface area contributed by atoms with Crippen molar-refractivity contribution in [1.29, 1.82) is 0 Å². The smallest absolute Gasteiger partial charge is 0.234 e. The van der Waals surface area contributed by atoms with Gasteiger partial charge in [0.25, 0.3) is 0 Å². The second kappa shape index (κ2) is 4.51. The van der Waals surface area contributed by atoms with E-state index in [9.17, 15) is 9.59 Å². The highest BCUT2D eigenvalue weighted by molar-refractivity contribution is 6.02. The van der Waals surface area contributed by atoms with Gasteiger partial charge in [0, 0.05) is 29.5 Å². The molecule has 1 atom stereocenters. The Balaban J connectivity index is 2.06. The number of imide groups is 1. The van der Waals surface area contributed by atoms with Gasteiger partial charge in [-0.3, -0.25) is 14.9 Å². The van der Waals surface area contributed by atoms with Gasteiger partial charge in [0.1, 0.15) is 5.58 Å². The topological polar surface area (TPSA) is 85.3 Å². The van der Waals surface area contributed by atoms with Crippen molar-refractivity contribution >= 4 is 22.8 Å². The maximum atomic E-state index is 11.9. The van der Waals surface area contributed by atoms with Crippen molar-refractivity contribution in [3.05, 3.63) is 35.6 Å². The van der Waals surface area contributed by atoms with Crippen molar-refractivity contribution in [2.75, 3.05) is 0 Å². The molecule has 2 aromatic rings. The molecular formula is C14H14N2O3. The van der Waals surface area contributed by atoms with E-state index in [0.717, 1.165) is 22.1 Å². The molecule has 3 rings (SSSR count). The van der Waals surface area contributed by atoms with E-state index in [4.69, 9.17) is 10.2 Å². The van der Waals surface area contributed by atoms with Crippen molar-refractivity contribution in [2.45, 2.75) is 25.3 Å². The highest BCUT2D eigenvalue weighted by Gasteiger charge is 2.30. The second-order valence-electron chi connectivity index (χ2n) is 4.69. The summed E-state index contributed by atoms with van der Waals surface area (Å²) in [6.07, 6.45) is 2.48. The van der Waals surface area contributed by atoms with E-state index in [1.807, 2.05) is 18.2 Å². The van der Waals surface area contributed by atoms with Crippen LogP contribution in [0.5, 0.6) is 0 Å². The summed E-state index contributed by atoms with van der Waals surface area (Å²) in [5, 5.41) is 3.27. The molecule has 0 bridgehead atoms. The maximum absolute atomic E-state index is 11.9. The lowest BCUT2D eigenvalue weighted by atomic mass is 9.90. The van der Waals surface area contributed by atoms with Gasteiger partial charge >= 0.3 is 0 Å². The van der Waals surface area contributed by atoms with E-state index < -0.39 is 0 Å². The number of fused-ring (bicyclic) bond motifs is 1. The van der Waals surface area contributed by atoms with Gasteiger partial charge < -0.3 is 10.2 Å². The quantitative estimate of drug-likeness (QED) is 0.797. The summed E-state index contributed by atoms with van der Waals surface area (Å²) in [6, 6.07) is 5.71. The molecule has 1 aromatic heterocycles. The zero-order valence-electron chi connectivity index (χ0n) is 10.3. The summed E-state index contributed by atoms with van der Waals surface area (Å²) in [4.78, 5) is 23.1. The lowest BCUT2D eigenvalue weighted by Gasteiger charge is -2.19. The van der Waals surface area contributed by atoms with E-state index in [1.54, 1.807) is 6.26 Å².